The van der Waals surface area contributed by atoms with Crippen molar-refractivity contribution in [1.29, 1.82) is 0 Å². The summed E-state index contributed by atoms with van der Waals surface area (Å²) in [5, 5.41) is 7.80. The molecule has 0 aliphatic carbocycles. The number of benzene rings is 2. The zero-order chi connectivity index (χ0) is 24.1. The smallest absolute Gasteiger partial charge is 0.220 e. The van der Waals surface area contributed by atoms with Gasteiger partial charge in [0.25, 0.3) is 0 Å². The van der Waals surface area contributed by atoms with Crippen molar-refractivity contribution in [2.45, 2.75) is 47.0 Å². The fourth-order valence-electron chi connectivity index (χ4n) is 4.36. The standard InChI is InChI=1S/C28H32N4O2/c1-5-34-24-13-11-22(12-14-24)17-18-29-26(33)16-15-25-19(2)30-28-27(23-9-7-6-8-10-23)20(3)31-32(28)21(25)4/h6-14H,5,15-18H2,1-4H3,(H,29,33). The maximum Gasteiger partial charge on any atom is 0.220 e. The number of nitrogens with one attached hydrogen (secondary N) is 1. The molecule has 6 nitrogen and oxygen atoms in total. The van der Waals surface area contributed by atoms with E-state index in [2.05, 4.69) is 24.4 Å². The Morgan fingerprint density at radius 3 is 2.41 bits per heavy atom. The third kappa shape index (κ3) is 5.11. The molecule has 1 amide bonds. The van der Waals surface area contributed by atoms with Gasteiger partial charge in [0.15, 0.2) is 5.65 Å². The molecule has 0 spiro atoms. The van der Waals surface area contributed by atoms with Crippen LogP contribution in [0.1, 0.15) is 41.6 Å². The van der Waals surface area contributed by atoms with E-state index in [9.17, 15) is 4.79 Å². The largest absolute Gasteiger partial charge is 0.494 e. The Labute approximate surface area is 201 Å². The average Bonchev–Trinajstić information content (AvgIpc) is 3.16. The van der Waals surface area contributed by atoms with Crippen LogP contribution in [-0.4, -0.2) is 33.7 Å². The maximum absolute atomic E-state index is 12.5. The SMILES string of the molecule is CCOc1ccc(CCNC(=O)CCc2c(C)nc3c(-c4ccccc4)c(C)nn3c2C)cc1. The highest BCUT2D eigenvalue weighted by Crippen LogP contribution is 2.29. The number of fused-ring (bicyclic) bond motifs is 1. The number of ether oxygens (including phenoxy) is 1. The van der Waals surface area contributed by atoms with E-state index in [0.717, 1.165) is 51.6 Å². The summed E-state index contributed by atoms with van der Waals surface area (Å²) in [5.41, 5.74) is 8.22. The molecule has 0 radical (unpaired) electrons. The van der Waals surface area contributed by atoms with E-state index in [1.165, 1.54) is 5.56 Å². The van der Waals surface area contributed by atoms with Crippen LogP contribution in [0.15, 0.2) is 54.6 Å². The number of nitrogens with zero attached hydrogens (tertiary/aromatic N) is 3. The van der Waals surface area contributed by atoms with Crippen molar-refractivity contribution in [2.24, 2.45) is 0 Å². The van der Waals surface area contributed by atoms with E-state index in [-0.39, 0.29) is 5.91 Å². The molecule has 6 heteroatoms. The van der Waals surface area contributed by atoms with Crippen LogP contribution in [0.2, 0.25) is 0 Å². The molecule has 0 fully saturated rings. The van der Waals surface area contributed by atoms with Gasteiger partial charge in [-0.2, -0.15) is 5.10 Å². The molecule has 0 saturated carbocycles. The van der Waals surface area contributed by atoms with Crippen molar-refractivity contribution < 1.29 is 9.53 Å². The van der Waals surface area contributed by atoms with Gasteiger partial charge in [-0.1, -0.05) is 42.5 Å². The molecule has 4 aromatic rings. The van der Waals surface area contributed by atoms with Gasteiger partial charge in [-0.15, -0.1) is 0 Å². The summed E-state index contributed by atoms with van der Waals surface area (Å²) in [5.74, 6) is 0.918. The fourth-order valence-corrected chi connectivity index (χ4v) is 4.36. The van der Waals surface area contributed by atoms with Crippen molar-refractivity contribution >= 4 is 11.6 Å². The predicted molar refractivity (Wildman–Crippen MR) is 135 cm³/mol. The molecule has 4 rings (SSSR count). The van der Waals surface area contributed by atoms with Crippen LogP contribution >= 0.6 is 0 Å². The lowest BCUT2D eigenvalue weighted by Crippen LogP contribution is -2.26. The Hall–Kier alpha value is -3.67. The molecular weight excluding hydrogens is 424 g/mol. The first-order valence-corrected chi connectivity index (χ1v) is 11.9. The molecule has 0 aliphatic heterocycles. The minimum Gasteiger partial charge on any atom is -0.494 e. The maximum atomic E-state index is 12.5. The minimum atomic E-state index is 0.0476. The lowest BCUT2D eigenvalue weighted by atomic mass is 10.0. The molecule has 1 N–H and O–H groups in total. The van der Waals surface area contributed by atoms with Crippen LogP contribution in [0.25, 0.3) is 16.8 Å². The second kappa shape index (κ2) is 10.5. The molecule has 0 bridgehead atoms. The van der Waals surface area contributed by atoms with Crippen molar-refractivity contribution in [1.82, 2.24) is 19.9 Å². The van der Waals surface area contributed by atoms with Crippen molar-refractivity contribution in [2.75, 3.05) is 13.2 Å². The van der Waals surface area contributed by atoms with Crippen LogP contribution in [0.4, 0.5) is 0 Å². The number of carbonyl (C=O) groups is 1. The molecule has 176 valence electrons. The first kappa shape index (κ1) is 23.5. The van der Waals surface area contributed by atoms with E-state index in [0.29, 0.717) is 26.0 Å². The molecule has 2 aromatic carbocycles. The van der Waals surface area contributed by atoms with Crippen molar-refractivity contribution in [3.05, 3.63) is 82.8 Å². The van der Waals surface area contributed by atoms with Crippen LogP contribution in [0, 0.1) is 20.8 Å². The van der Waals surface area contributed by atoms with Gasteiger partial charge in [-0.05, 0) is 69.4 Å². The van der Waals surface area contributed by atoms with E-state index in [1.807, 2.05) is 67.8 Å². The Balaban J connectivity index is 1.40. The molecule has 0 saturated heterocycles. The Kier molecular flexibility index (Phi) is 7.26. The minimum absolute atomic E-state index is 0.0476. The van der Waals surface area contributed by atoms with Gasteiger partial charge in [0.2, 0.25) is 5.91 Å². The average molecular weight is 457 g/mol. The third-order valence-corrected chi connectivity index (χ3v) is 6.14. The van der Waals surface area contributed by atoms with Crippen molar-refractivity contribution in [3.63, 3.8) is 0 Å². The van der Waals surface area contributed by atoms with Gasteiger partial charge < -0.3 is 10.1 Å². The number of hydrogen-bond acceptors (Lipinski definition) is 4. The van der Waals surface area contributed by atoms with Gasteiger partial charge in [0, 0.05) is 29.9 Å². The van der Waals surface area contributed by atoms with E-state index in [1.54, 1.807) is 0 Å². The van der Waals surface area contributed by atoms with Crippen LogP contribution in [0.5, 0.6) is 5.75 Å². The number of aromatic nitrogens is 3. The van der Waals surface area contributed by atoms with Gasteiger partial charge in [-0.25, -0.2) is 9.50 Å². The van der Waals surface area contributed by atoms with Gasteiger partial charge in [-0.3, -0.25) is 4.79 Å². The number of aryl methyl sites for hydroxylation is 3. The second-order valence-corrected chi connectivity index (χ2v) is 8.50. The Bertz CT molecular complexity index is 1280. The molecular formula is C28H32N4O2. The summed E-state index contributed by atoms with van der Waals surface area (Å²) < 4.78 is 7.39. The Morgan fingerprint density at radius 2 is 1.71 bits per heavy atom. The lowest BCUT2D eigenvalue weighted by Gasteiger charge is -2.12. The van der Waals surface area contributed by atoms with Crippen LogP contribution < -0.4 is 10.1 Å². The molecule has 2 heterocycles. The molecule has 0 unspecified atom stereocenters. The number of rotatable bonds is 9. The van der Waals surface area contributed by atoms with E-state index in [4.69, 9.17) is 14.8 Å². The van der Waals surface area contributed by atoms with E-state index >= 15 is 0 Å². The first-order valence-electron chi connectivity index (χ1n) is 11.9. The van der Waals surface area contributed by atoms with Crippen molar-refractivity contribution in [3.8, 4) is 16.9 Å². The van der Waals surface area contributed by atoms with Gasteiger partial charge >= 0.3 is 0 Å². The lowest BCUT2D eigenvalue weighted by molar-refractivity contribution is -0.121. The normalized spacial score (nSPS) is 11.1. The molecule has 0 atom stereocenters. The summed E-state index contributed by atoms with van der Waals surface area (Å²) in [7, 11) is 0. The highest BCUT2D eigenvalue weighted by molar-refractivity contribution is 5.80. The van der Waals surface area contributed by atoms with Gasteiger partial charge in [0.1, 0.15) is 5.75 Å². The first-order chi connectivity index (χ1) is 16.5. The predicted octanol–water partition coefficient (Wildman–Crippen LogP) is 5.01. The zero-order valence-corrected chi connectivity index (χ0v) is 20.4. The summed E-state index contributed by atoms with van der Waals surface area (Å²) in [6.45, 7) is 9.33. The molecule has 0 aliphatic rings. The quantitative estimate of drug-likeness (QED) is 0.384. The second-order valence-electron chi connectivity index (χ2n) is 8.50. The fraction of sp³-hybridized carbons (Fsp3) is 0.321. The van der Waals surface area contributed by atoms with Gasteiger partial charge in [0.05, 0.1) is 12.3 Å². The summed E-state index contributed by atoms with van der Waals surface area (Å²) in [6.07, 6.45) is 1.84. The molecule has 2 aromatic heterocycles. The van der Waals surface area contributed by atoms with Crippen LogP contribution in [0.3, 0.4) is 0 Å². The zero-order valence-electron chi connectivity index (χ0n) is 20.4. The topological polar surface area (TPSA) is 68.5 Å². The third-order valence-electron chi connectivity index (χ3n) is 6.14. The highest BCUT2D eigenvalue weighted by atomic mass is 16.5. The summed E-state index contributed by atoms with van der Waals surface area (Å²) in [6, 6.07) is 18.3. The molecule has 34 heavy (non-hydrogen) atoms. The monoisotopic (exact) mass is 456 g/mol. The summed E-state index contributed by atoms with van der Waals surface area (Å²) >= 11 is 0. The van der Waals surface area contributed by atoms with Crippen LogP contribution in [-0.2, 0) is 17.6 Å². The highest BCUT2D eigenvalue weighted by Gasteiger charge is 2.18. The number of carbonyl (C=O) groups excluding carboxylic acids is 1. The summed E-state index contributed by atoms with van der Waals surface area (Å²) in [4.78, 5) is 17.4. The van der Waals surface area contributed by atoms with E-state index < -0.39 is 0 Å². The Morgan fingerprint density at radius 1 is 0.971 bits per heavy atom. The number of amides is 1. The number of hydrogen-bond donors (Lipinski definition) is 1.